The van der Waals surface area contributed by atoms with Crippen molar-refractivity contribution in [3.63, 3.8) is 0 Å². The number of esters is 1. The summed E-state index contributed by atoms with van der Waals surface area (Å²) in [5.74, 6) is -0.906. The van der Waals surface area contributed by atoms with Gasteiger partial charge in [-0.05, 0) is 31.0 Å². The summed E-state index contributed by atoms with van der Waals surface area (Å²) < 4.78 is 4.96. The van der Waals surface area contributed by atoms with Crippen LogP contribution in [-0.4, -0.2) is 30.4 Å². The molecule has 0 aliphatic rings. The molecule has 0 saturated heterocycles. The molecule has 6 heteroatoms. The first-order valence-electron chi connectivity index (χ1n) is 7.72. The topological polar surface area (TPSA) is 84.5 Å². The molecule has 0 aromatic heterocycles. The van der Waals surface area contributed by atoms with Crippen LogP contribution in [0.3, 0.4) is 0 Å². The van der Waals surface area contributed by atoms with E-state index in [1.54, 1.807) is 24.3 Å². The van der Waals surface area contributed by atoms with Crippen molar-refractivity contribution in [3.8, 4) is 0 Å². The first-order valence-corrected chi connectivity index (χ1v) is 7.72. The number of carbonyl (C=O) groups is 3. The number of rotatable bonds is 8. The highest BCUT2D eigenvalue weighted by Crippen LogP contribution is 2.10. The fraction of sp³-hybridized carbons (Fsp3) is 0.471. The molecule has 0 saturated carbocycles. The number of anilines is 1. The van der Waals surface area contributed by atoms with Gasteiger partial charge in [-0.3, -0.25) is 14.4 Å². The lowest BCUT2D eigenvalue weighted by atomic mass is 10.1. The van der Waals surface area contributed by atoms with Gasteiger partial charge in [0.15, 0.2) is 6.61 Å². The monoisotopic (exact) mass is 320 g/mol. The van der Waals surface area contributed by atoms with E-state index in [0.717, 1.165) is 18.4 Å². The maximum absolute atomic E-state index is 11.7. The van der Waals surface area contributed by atoms with Crippen LogP contribution in [0.4, 0.5) is 5.69 Å². The highest BCUT2D eigenvalue weighted by Gasteiger charge is 2.10. The van der Waals surface area contributed by atoms with Crippen LogP contribution in [0, 0.1) is 0 Å². The van der Waals surface area contributed by atoms with Crippen LogP contribution in [0.2, 0.25) is 0 Å². The summed E-state index contributed by atoms with van der Waals surface area (Å²) in [6.07, 6.45) is 1.95. The van der Waals surface area contributed by atoms with Crippen LogP contribution in [0.25, 0.3) is 0 Å². The standard InChI is InChI=1S/C17H24N2O4/c1-4-5-12(2)18-16(21)11-23-17(22)10-14-6-8-15(9-7-14)19-13(3)20/h6-9,12H,4-5,10-11H2,1-3H3,(H,18,21)(H,19,20)/t12-/m1/s1. The Morgan fingerprint density at radius 3 is 2.39 bits per heavy atom. The van der Waals surface area contributed by atoms with Crippen molar-refractivity contribution in [2.45, 2.75) is 46.1 Å². The molecule has 23 heavy (non-hydrogen) atoms. The molecule has 1 atom stereocenters. The van der Waals surface area contributed by atoms with Crippen LogP contribution in [0.1, 0.15) is 39.2 Å². The molecule has 2 amide bonds. The molecule has 0 aliphatic carbocycles. The third-order valence-electron chi connectivity index (χ3n) is 3.12. The van der Waals surface area contributed by atoms with Crippen molar-refractivity contribution in [1.82, 2.24) is 5.32 Å². The predicted molar refractivity (Wildman–Crippen MR) is 87.9 cm³/mol. The van der Waals surface area contributed by atoms with Gasteiger partial charge < -0.3 is 15.4 Å². The van der Waals surface area contributed by atoms with E-state index >= 15 is 0 Å². The van der Waals surface area contributed by atoms with Gasteiger partial charge in [-0.25, -0.2) is 0 Å². The Morgan fingerprint density at radius 1 is 1.17 bits per heavy atom. The smallest absolute Gasteiger partial charge is 0.310 e. The Kier molecular flexibility index (Phi) is 7.80. The normalized spacial score (nSPS) is 11.4. The van der Waals surface area contributed by atoms with E-state index < -0.39 is 5.97 Å². The third kappa shape index (κ3) is 7.99. The van der Waals surface area contributed by atoms with Crippen molar-refractivity contribution in [2.24, 2.45) is 0 Å². The first kappa shape index (κ1) is 18.7. The molecular formula is C17H24N2O4. The van der Waals surface area contributed by atoms with Crippen molar-refractivity contribution >= 4 is 23.5 Å². The number of hydrogen-bond acceptors (Lipinski definition) is 4. The quantitative estimate of drug-likeness (QED) is 0.718. The van der Waals surface area contributed by atoms with Gasteiger partial charge in [0, 0.05) is 18.7 Å². The Hall–Kier alpha value is -2.37. The Balaban J connectivity index is 2.36. The largest absolute Gasteiger partial charge is 0.455 e. The van der Waals surface area contributed by atoms with Crippen LogP contribution < -0.4 is 10.6 Å². The number of nitrogens with one attached hydrogen (secondary N) is 2. The summed E-state index contributed by atoms with van der Waals surface area (Å²) in [4.78, 5) is 34.2. The molecular weight excluding hydrogens is 296 g/mol. The molecule has 6 nitrogen and oxygen atoms in total. The van der Waals surface area contributed by atoms with E-state index in [-0.39, 0.29) is 30.9 Å². The Bertz CT molecular complexity index is 540. The van der Waals surface area contributed by atoms with E-state index in [9.17, 15) is 14.4 Å². The second-order valence-electron chi connectivity index (χ2n) is 5.47. The summed E-state index contributed by atoms with van der Waals surface area (Å²) in [5.41, 5.74) is 1.42. The molecule has 126 valence electrons. The van der Waals surface area contributed by atoms with Gasteiger partial charge in [-0.15, -0.1) is 0 Å². The lowest BCUT2D eigenvalue weighted by Crippen LogP contribution is -2.35. The van der Waals surface area contributed by atoms with Crippen LogP contribution in [0.15, 0.2) is 24.3 Å². The van der Waals surface area contributed by atoms with Crippen LogP contribution >= 0.6 is 0 Å². The van der Waals surface area contributed by atoms with Gasteiger partial charge in [-0.2, -0.15) is 0 Å². The average molecular weight is 320 g/mol. The van der Waals surface area contributed by atoms with E-state index in [1.807, 2.05) is 13.8 Å². The molecule has 0 bridgehead atoms. The number of hydrogen-bond donors (Lipinski definition) is 2. The fourth-order valence-electron chi connectivity index (χ4n) is 2.09. The Morgan fingerprint density at radius 2 is 1.83 bits per heavy atom. The zero-order valence-corrected chi connectivity index (χ0v) is 13.8. The molecule has 1 aromatic carbocycles. The van der Waals surface area contributed by atoms with E-state index in [0.29, 0.717) is 5.69 Å². The second-order valence-corrected chi connectivity index (χ2v) is 5.47. The molecule has 0 heterocycles. The highest BCUT2D eigenvalue weighted by molar-refractivity contribution is 5.88. The van der Waals surface area contributed by atoms with Gasteiger partial charge in [0.25, 0.3) is 5.91 Å². The minimum Gasteiger partial charge on any atom is -0.455 e. The highest BCUT2D eigenvalue weighted by atomic mass is 16.5. The van der Waals surface area contributed by atoms with Gasteiger partial charge in [-0.1, -0.05) is 25.5 Å². The molecule has 1 aromatic rings. The van der Waals surface area contributed by atoms with Crippen LogP contribution in [-0.2, 0) is 25.5 Å². The van der Waals surface area contributed by atoms with Gasteiger partial charge in [0.2, 0.25) is 5.91 Å². The number of carbonyl (C=O) groups excluding carboxylic acids is 3. The fourth-order valence-corrected chi connectivity index (χ4v) is 2.09. The zero-order chi connectivity index (χ0) is 17.2. The molecule has 0 spiro atoms. The summed E-state index contributed by atoms with van der Waals surface area (Å²) >= 11 is 0. The van der Waals surface area contributed by atoms with Crippen molar-refractivity contribution < 1.29 is 19.1 Å². The number of amides is 2. The van der Waals surface area contributed by atoms with Crippen molar-refractivity contribution in [1.29, 1.82) is 0 Å². The van der Waals surface area contributed by atoms with Crippen molar-refractivity contribution in [3.05, 3.63) is 29.8 Å². The summed E-state index contributed by atoms with van der Waals surface area (Å²) in [6, 6.07) is 6.96. The van der Waals surface area contributed by atoms with Gasteiger partial charge >= 0.3 is 5.97 Å². The predicted octanol–water partition coefficient (Wildman–Crippen LogP) is 2.04. The first-order chi connectivity index (χ1) is 10.9. The summed E-state index contributed by atoms with van der Waals surface area (Å²) in [5, 5.41) is 5.42. The zero-order valence-electron chi connectivity index (χ0n) is 13.8. The van der Waals surface area contributed by atoms with Crippen LogP contribution in [0.5, 0.6) is 0 Å². The minimum atomic E-state index is -0.462. The number of ether oxygens (including phenoxy) is 1. The average Bonchev–Trinajstić information content (AvgIpc) is 2.47. The number of benzene rings is 1. The lowest BCUT2D eigenvalue weighted by molar-refractivity contribution is -0.148. The van der Waals surface area contributed by atoms with E-state index in [1.165, 1.54) is 6.92 Å². The maximum atomic E-state index is 11.7. The minimum absolute atomic E-state index is 0.0764. The molecule has 0 aliphatic heterocycles. The Labute approximate surface area is 136 Å². The summed E-state index contributed by atoms with van der Waals surface area (Å²) in [6.45, 7) is 5.12. The van der Waals surface area contributed by atoms with E-state index in [4.69, 9.17) is 4.74 Å². The molecule has 2 N–H and O–H groups in total. The third-order valence-corrected chi connectivity index (χ3v) is 3.12. The van der Waals surface area contributed by atoms with Gasteiger partial charge in [0.05, 0.1) is 6.42 Å². The molecule has 0 radical (unpaired) electrons. The molecule has 1 rings (SSSR count). The van der Waals surface area contributed by atoms with Gasteiger partial charge in [0.1, 0.15) is 0 Å². The molecule has 0 fully saturated rings. The molecule has 0 unspecified atom stereocenters. The lowest BCUT2D eigenvalue weighted by Gasteiger charge is -2.12. The second kappa shape index (κ2) is 9.61. The SMILES string of the molecule is CCC[C@@H](C)NC(=O)COC(=O)Cc1ccc(NC(C)=O)cc1. The summed E-state index contributed by atoms with van der Waals surface area (Å²) in [7, 11) is 0. The maximum Gasteiger partial charge on any atom is 0.310 e. The van der Waals surface area contributed by atoms with Crippen molar-refractivity contribution in [2.75, 3.05) is 11.9 Å². The van der Waals surface area contributed by atoms with E-state index in [2.05, 4.69) is 10.6 Å².